The fourth-order valence-electron chi connectivity index (χ4n) is 4.57. The van der Waals surface area contributed by atoms with Gasteiger partial charge in [0.05, 0.1) is 24.4 Å². The lowest BCUT2D eigenvalue weighted by Gasteiger charge is -2.37. The standard InChI is InChI=1S/C25H25FN4O3S/c1-33-20-5-3-2-4-19(20)29-12-14-30(15-13-29)24(32)18-10-11-21-22(18)27-25(34-21)28-23(31)16-6-8-17(26)9-7-16/h2-9,18H,10-15H2,1H3,(H,27,28,31). The number of rotatable bonds is 5. The minimum Gasteiger partial charge on any atom is -0.495 e. The number of aromatic nitrogens is 1. The number of methoxy groups -OCH3 is 1. The fraction of sp³-hybridized carbons (Fsp3) is 0.320. The van der Waals surface area contributed by atoms with Gasteiger partial charge in [0.2, 0.25) is 5.91 Å². The number of aryl methyl sites for hydroxylation is 1. The molecule has 0 bridgehead atoms. The second-order valence-electron chi connectivity index (χ2n) is 8.36. The number of anilines is 2. The third kappa shape index (κ3) is 4.35. The Kier molecular flexibility index (Phi) is 6.19. The van der Waals surface area contributed by atoms with Gasteiger partial charge in [-0.05, 0) is 49.2 Å². The number of halogens is 1. The molecular formula is C25H25FN4O3S. The van der Waals surface area contributed by atoms with Gasteiger partial charge < -0.3 is 14.5 Å². The Hall–Kier alpha value is -3.46. The van der Waals surface area contributed by atoms with Crippen LogP contribution in [0.25, 0.3) is 0 Å². The Morgan fingerprint density at radius 2 is 1.82 bits per heavy atom. The molecule has 2 amide bonds. The SMILES string of the molecule is COc1ccccc1N1CCN(C(=O)C2CCc3sc(NC(=O)c4ccc(F)cc4)nc32)CC1. The molecule has 1 aromatic heterocycles. The number of nitrogens with one attached hydrogen (secondary N) is 1. The van der Waals surface area contributed by atoms with Gasteiger partial charge in [-0.1, -0.05) is 12.1 Å². The van der Waals surface area contributed by atoms with Crippen LogP contribution in [0.5, 0.6) is 5.75 Å². The van der Waals surface area contributed by atoms with Crippen LogP contribution in [-0.4, -0.2) is 55.0 Å². The highest BCUT2D eigenvalue weighted by atomic mass is 32.1. The number of hydrogen-bond donors (Lipinski definition) is 1. The highest BCUT2D eigenvalue weighted by molar-refractivity contribution is 7.16. The number of carbonyl (C=O) groups excluding carboxylic acids is 2. The average Bonchev–Trinajstić information content (AvgIpc) is 3.44. The van der Waals surface area contributed by atoms with Gasteiger partial charge >= 0.3 is 0 Å². The normalized spacial score (nSPS) is 17.4. The molecule has 1 saturated heterocycles. The number of para-hydroxylation sites is 2. The fourth-order valence-corrected chi connectivity index (χ4v) is 5.60. The summed E-state index contributed by atoms with van der Waals surface area (Å²) in [7, 11) is 1.67. The van der Waals surface area contributed by atoms with Crippen molar-refractivity contribution in [2.24, 2.45) is 0 Å². The highest BCUT2D eigenvalue weighted by Gasteiger charge is 2.36. The van der Waals surface area contributed by atoms with Crippen LogP contribution in [0.15, 0.2) is 48.5 Å². The van der Waals surface area contributed by atoms with E-state index in [4.69, 9.17) is 4.74 Å². The quantitative estimate of drug-likeness (QED) is 0.599. The molecule has 3 aromatic rings. The van der Waals surface area contributed by atoms with Crippen molar-refractivity contribution in [1.29, 1.82) is 0 Å². The van der Waals surface area contributed by atoms with E-state index in [2.05, 4.69) is 15.2 Å². The first-order valence-corrected chi connectivity index (χ1v) is 12.1. The summed E-state index contributed by atoms with van der Waals surface area (Å²) in [4.78, 5) is 35.6. The van der Waals surface area contributed by atoms with Crippen LogP contribution in [0.2, 0.25) is 0 Å². The smallest absolute Gasteiger partial charge is 0.257 e. The Morgan fingerprint density at radius 3 is 2.56 bits per heavy atom. The number of benzene rings is 2. The maximum absolute atomic E-state index is 13.3. The van der Waals surface area contributed by atoms with Gasteiger partial charge in [0.1, 0.15) is 11.6 Å². The summed E-state index contributed by atoms with van der Waals surface area (Å²) in [5.41, 5.74) is 2.18. The maximum Gasteiger partial charge on any atom is 0.257 e. The molecule has 5 rings (SSSR count). The van der Waals surface area contributed by atoms with E-state index in [0.717, 1.165) is 47.9 Å². The summed E-state index contributed by atoms with van der Waals surface area (Å²) in [6.45, 7) is 2.76. The van der Waals surface area contributed by atoms with Crippen molar-refractivity contribution >= 4 is 34.0 Å². The van der Waals surface area contributed by atoms with E-state index >= 15 is 0 Å². The van der Waals surface area contributed by atoms with E-state index in [-0.39, 0.29) is 17.7 Å². The van der Waals surface area contributed by atoms with Gasteiger partial charge in [-0.2, -0.15) is 0 Å². The largest absolute Gasteiger partial charge is 0.495 e. The number of carbonyl (C=O) groups is 2. The number of ether oxygens (including phenoxy) is 1. The van der Waals surface area contributed by atoms with Gasteiger partial charge in [0.15, 0.2) is 5.13 Å². The van der Waals surface area contributed by atoms with Crippen molar-refractivity contribution in [3.8, 4) is 5.75 Å². The van der Waals surface area contributed by atoms with Crippen LogP contribution < -0.4 is 15.0 Å². The Balaban J connectivity index is 1.23. The van der Waals surface area contributed by atoms with Crippen molar-refractivity contribution in [2.75, 3.05) is 43.5 Å². The molecule has 1 aliphatic carbocycles. The van der Waals surface area contributed by atoms with Gasteiger partial charge in [0, 0.05) is 36.6 Å². The maximum atomic E-state index is 13.3. The molecule has 1 atom stereocenters. The highest BCUT2D eigenvalue weighted by Crippen LogP contribution is 2.39. The molecule has 34 heavy (non-hydrogen) atoms. The van der Waals surface area contributed by atoms with Crippen LogP contribution in [-0.2, 0) is 11.2 Å². The van der Waals surface area contributed by atoms with Crippen LogP contribution in [0.1, 0.15) is 33.3 Å². The van der Waals surface area contributed by atoms with Crippen molar-refractivity contribution < 1.29 is 18.7 Å². The Labute approximate surface area is 201 Å². The van der Waals surface area contributed by atoms with Crippen molar-refractivity contribution in [3.05, 3.63) is 70.5 Å². The monoisotopic (exact) mass is 480 g/mol. The summed E-state index contributed by atoms with van der Waals surface area (Å²) in [5.74, 6) is -0.0845. The average molecular weight is 481 g/mol. The van der Waals surface area contributed by atoms with E-state index in [0.29, 0.717) is 23.8 Å². The lowest BCUT2D eigenvalue weighted by molar-refractivity contribution is -0.133. The molecule has 2 aromatic carbocycles. The molecule has 0 radical (unpaired) electrons. The number of piperazine rings is 1. The van der Waals surface area contributed by atoms with E-state index in [9.17, 15) is 14.0 Å². The molecule has 176 valence electrons. The molecular weight excluding hydrogens is 455 g/mol. The summed E-state index contributed by atoms with van der Waals surface area (Å²) >= 11 is 1.41. The number of amides is 2. The summed E-state index contributed by atoms with van der Waals surface area (Å²) in [6, 6.07) is 13.3. The number of hydrogen-bond acceptors (Lipinski definition) is 6. The minimum atomic E-state index is -0.394. The Morgan fingerprint density at radius 1 is 1.09 bits per heavy atom. The summed E-state index contributed by atoms with van der Waals surface area (Å²) in [6.07, 6.45) is 1.52. The van der Waals surface area contributed by atoms with E-state index in [1.54, 1.807) is 7.11 Å². The van der Waals surface area contributed by atoms with Crippen molar-refractivity contribution in [3.63, 3.8) is 0 Å². The number of nitrogens with zero attached hydrogens (tertiary/aromatic N) is 3. The molecule has 1 fully saturated rings. The first-order valence-electron chi connectivity index (χ1n) is 11.3. The third-order valence-corrected chi connectivity index (χ3v) is 7.41. The summed E-state index contributed by atoms with van der Waals surface area (Å²) in [5, 5.41) is 3.25. The van der Waals surface area contributed by atoms with Crippen molar-refractivity contribution in [1.82, 2.24) is 9.88 Å². The zero-order valence-corrected chi connectivity index (χ0v) is 19.6. The van der Waals surface area contributed by atoms with Gasteiger partial charge in [-0.3, -0.25) is 14.9 Å². The predicted molar refractivity (Wildman–Crippen MR) is 129 cm³/mol. The predicted octanol–water partition coefficient (Wildman–Crippen LogP) is 3.92. The third-order valence-electron chi connectivity index (χ3n) is 6.36. The second-order valence-corrected chi connectivity index (χ2v) is 9.45. The number of fused-ring (bicyclic) bond motifs is 1. The van der Waals surface area contributed by atoms with Gasteiger partial charge in [-0.25, -0.2) is 9.37 Å². The van der Waals surface area contributed by atoms with Crippen LogP contribution in [0.3, 0.4) is 0 Å². The van der Waals surface area contributed by atoms with E-state index < -0.39 is 5.82 Å². The molecule has 2 aliphatic rings. The minimum absolute atomic E-state index is 0.0973. The van der Waals surface area contributed by atoms with Crippen LogP contribution in [0.4, 0.5) is 15.2 Å². The number of thiazole rings is 1. The van der Waals surface area contributed by atoms with E-state index in [1.165, 1.54) is 35.6 Å². The Bertz CT molecular complexity index is 1210. The van der Waals surface area contributed by atoms with Crippen LogP contribution in [0, 0.1) is 5.82 Å². The molecule has 1 N–H and O–H groups in total. The molecule has 2 heterocycles. The molecule has 0 spiro atoms. The summed E-state index contributed by atoms with van der Waals surface area (Å²) < 4.78 is 18.6. The first kappa shape index (κ1) is 22.3. The zero-order valence-electron chi connectivity index (χ0n) is 18.8. The van der Waals surface area contributed by atoms with Crippen molar-refractivity contribution in [2.45, 2.75) is 18.8 Å². The van der Waals surface area contributed by atoms with Crippen LogP contribution >= 0.6 is 11.3 Å². The second kappa shape index (κ2) is 9.42. The van der Waals surface area contributed by atoms with Gasteiger partial charge in [-0.15, -0.1) is 11.3 Å². The molecule has 0 saturated carbocycles. The molecule has 9 heteroatoms. The van der Waals surface area contributed by atoms with Gasteiger partial charge in [0.25, 0.3) is 5.91 Å². The molecule has 1 aliphatic heterocycles. The zero-order chi connectivity index (χ0) is 23.7. The topological polar surface area (TPSA) is 74.8 Å². The molecule has 7 nitrogen and oxygen atoms in total. The van der Waals surface area contributed by atoms with E-state index in [1.807, 2.05) is 29.2 Å². The lowest BCUT2D eigenvalue weighted by atomic mass is 10.1. The first-order chi connectivity index (χ1) is 16.5. The molecule has 1 unspecified atom stereocenters. The lowest BCUT2D eigenvalue weighted by Crippen LogP contribution is -2.50.